The number of hydrogen-bond acceptors (Lipinski definition) is 4. The molecule has 0 spiro atoms. The van der Waals surface area contributed by atoms with Gasteiger partial charge >= 0.3 is 5.97 Å². The van der Waals surface area contributed by atoms with E-state index >= 15 is 0 Å². The fraction of sp³-hybridized carbons (Fsp3) is 0.111. The minimum atomic E-state index is -1.13. The lowest BCUT2D eigenvalue weighted by Gasteiger charge is -2.04. The third kappa shape index (κ3) is 2.23. The molecule has 0 aliphatic heterocycles. The molecule has 0 radical (unpaired) electrons. The van der Waals surface area contributed by atoms with Crippen molar-refractivity contribution in [3.05, 3.63) is 29.0 Å². The number of carboxylic acid groups (broad SMARTS) is 1. The number of nitrogens with zero attached hydrogens (tertiary/aromatic N) is 4. The van der Waals surface area contributed by atoms with Crippen LogP contribution in [-0.2, 0) is 11.3 Å². The van der Waals surface area contributed by atoms with E-state index in [0.29, 0.717) is 0 Å². The van der Waals surface area contributed by atoms with Gasteiger partial charge in [0, 0.05) is 0 Å². The van der Waals surface area contributed by atoms with Crippen molar-refractivity contribution in [1.82, 2.24) is 20.2 Å². The lowest BCUT2D eigenvalue weighted by atomic mass is 10.2. The summed E-state index contributed by atoms with van der Waals surface area (Å²) in [6.07, 6.45) is 0. The number of halogens is 2. The Morgan fingerprint density at radius 1 is 1.53 bits per heavy atom. The van der Waals surface area contributed by atoms with Gasteiger partial charge in [-0.2, -0.15) is 0 Å². The van der Waals surface area contributed by atoms with Crippen LogP contribution in [-0.4, -0.2) is 31.3 Å². The molecule has 17 heavy (non-hydrogen) atoms. The van der Waals surface area contributed by atoms with Crippen molar-refractivity contribution >= 4 is 17.6 Å². The van der Waals surface area contributed by atoms with Crippen molar-refractivity contribution in [2.75, 3.05) is 0 Å². The van der Waals surface area contributed by atoms with Gasteiger partial charge in [-0.3, -0.25) is 4.79 Å². The van der Waals surface area contributed by atoms with Crippen LogP contribution in [0.2, 0.25) is 5.02 Å². The molecule has 0 saturated heterocycles. The zero-order chi connectivity index (χ0) is 12.4. The summed E-state index contributed by atoms with van der Waals surface area (Å²) in [5.41, 5.74) is -0.0135. The Hall–Kier alpha value is -2.02. The molecule has 1 aromatic carbocycles. The van der Waals surface area contributed by atoms with Crippen LogP contribution in [0.4, 0.5) is 4.39 Å². The molecule has 8 heteroatoms. The summed E-state index contributed by atoms with van der Waals surface area (Å²) in [6.45, 7) is -0.465. The first-order chi connectivity index (χ1) is 8.09. The average molecular weight is 257 g/mol. The molecule has 2 rings (SSSR count). The van der Waals surface area contributed by atoms with Crippen LogP contribution in [0.5, 0.6) is 0 Å². The lowest BCUT2D eigenvalue weighted by molar-refractivity contribution is -0.137. The molecular weight excluding hydrogens is 251 g/mol. The molecule has 1 N–H and O–H groups in total. The number of carboxylic acids is 1. The fourth-order valence-corrected chi connectivity index (χ4v) is 1.58. The van der Waals surface area contributed by atoms with E-state index in [1.165, 1.54) is 18.2 Å². The Balaban J connectivity index is 2.53. The van der Waals surface area contributed by atoms with E-state index in [4.69, 9.17) is 16.7 Å². The first kappa shape index (κ1) is 11.5. The molecule has 0 aliphatic rings. The largest absolute Gasteiger partial charge is 0.480 e. The molecule has 0 unspecified atom stereocenters. The summed E-state index contributed by atoms with van der Waals surface area (Å²) >= 11 is 5.83. The summed E-state index contributed by atoms with van der Waals surface area (Å²) in [7, 11) is 0. The molecule has 0 bridgehead atoms. The monoisotopic (exact) mass is 256 g/mol. The van der Waals surface area contributed by atoms with Gasteiger partial charge in [0.25, 0.3) is 0 Å². The van der Waals surface area contributed by atoms with Gasteiger partial charge < -0.3 is 5.11 Å². The maximum atomic E-state index is 13.6. The molecule has 1 heterocycles. The highest BCUT2D eigenvalue weighted by atomic mass is 35.5. The molecule has 6 nitrogen and oxygen atoms in total. The van der Waals surface area contributed by atoms with Crippen molar-refractivity contribution in [2.45, 2.75) is 6.54 Å². The van der Waals surface area contributed by atoms with Crippen LogP contribution in [0.3, 0.4) is 0 Å². The second-order valence-electron chi connectivity index (χ2n) is 3.15. The maximum absolute atomic E-state index is 13.6. The van der Waals surface area contributed by atoms with Crippen molar-refractivity contribution in [3.63, 3.8) is 0 Å². The highest BCUT2D eigenvalue weighted by molar-refractivity contribution is 6.33. The Morgan fingerprint density at radius 2 is 2.29 bits per heavy atom. The summed E-state index contributed by atoms with van der Waals surface area (Å²) in [4.78, 5) is 10.6. The minimum Gasteiger partial charge on any atom is -0.480 e. The number of rotatable bonds is 3. The number of aromatic nitrogens is 4. The zero-order valence-corrected chi connectivity index (χ0v) is 9.10. The summed E-state index contributed by atoms with van der Waals surface area (Å²) in [6, 6.07) is 4.10. The highest BCUT2D eigenvalue weighted by Crippen LogP contribution is 2.28. The SMILES string of the molecule is O=C(O)Cn1nnnc1-c1c(F)cccc1Cl. The number of carbonyl (C=O) groups is 1. The number of hydrogen-bond donors (Lipinski definition) is 1. The summed E-state index contributed by atoms with van der Waals surface area (Å²) < 4.78 is 14.6. The predicted octanol–water partition coefficient (Wildman–Crippen LogP) is 1.22. The molecule has 0 fully saturated rings. The van der Waals surface area contributed by atoms with Crippen LogP contribution in [0.25, 0.3) is 11.4 Å². The van der Waals surface area contributed by atoms with Crippen molar-refractivity contribution in [1.29, 1.82) is 0 Å². The van der Waals surface area contributed by atoms with Crippen molar-refractivity contribution < 1.29 is 14.3 Å². The molecule has 2 aromatic rings. The van der Waals surface area contributed by atoms with Crippen LogP contribution in [0.1, 0.15) is 0 Å². The van der Waals surface area contributed by atoms with Gasteiger partial charge in [-0.15, -0.1) is 5.10 Å². The number of tetrazole rings is 1. The van der Waals surface area contributed by atoms with Gasteiger partial charge in [-0.25, -0.2) is 9.07 Å². The Kier molecular flexibility index (Phi) is 3.01. The van der Waals surface area contributed by atoms with Gasteiger partial charge in [0.1, 0.15) is 12.4 Å². The Morgan fingerprint density at radius 3 is 2.94 bits per heavy atom. The average Bonchev–Trinajstić information content (AvgIpc) is 2.65. The number of benzene rings is 1. The fourth-order valence-electron chi connectivity index (χ4n) is 1.33. The third-order valence-electron chi connectivity index (χ3n) is 2.00. The minimum absolute atomic E-state index is 0.0135. The second kappa shape index (κ2) is 4.46. The highest BCUT2D eigenvalue weighted by Gasteiger charge is 2.18. The van der Waals surface area contributed by atoms with E-state index in [1.807, 2.05) is 0 Å². The maximum Gasteiger partial charge on any atom is 0.325 e. The summed E-state index contributed by atoms with van der Waals surface area (Å²) in [5.74, 6) is -1.76. The second-order valence-corrected chi connectivity index (χ2v) is 3.56. The van der Waals surface area contributed by atoms with Gasteiger partial charge in [0.15, 0.2) is 5.82 Å². The van der Waals surface area contributed by atoms with Crippen LogP contribution >= 0.6 is 11.6 Å². The van der Waals surface area contributed by atoms with Gasteiger partial charge in [-0.1, -0.05) is 17.7 Å². The smallest absolute Gasteiger partial charge is 0.325 e. The normalized spacial score (nSPS) is 10.5. The quantitative estimate of drug-likeness (QED) is 0.893. The Labute approximate surface area is 99.6 Å². The molecular formula is C9H6ClFN4O2. The first-order valence-corrected chi connectivity index (χ1v) is 4.89. The topological polar surface area (TPSA) is 80.9 Å². The van der Waals surface area contributed by atoms with Gasteiger partial charge in [0.2, 0.25) is 0 Å². The van der Waals surface area contributed by atoms with Crippen molar-refractivity contribution in [2.24, 2.45) is 0 Å². The van der Waals surface area contributed by atoms with Crippen LogP contribution in [0, 0.1) is 5.82 Å². The van der Waals surface area contributed by atoms with E-state index in [-0.39, 0.29) is 16.4 Å². The first-order valence-electron chi connectivity index (χ1n) is 4.52. The van der Waals surface area contributed by atoms with Crippen molar-refractivity contribution in [3.8, 4) is 11.4 Å². The predicted molar refractivity (Wildman–Crippen MR) is 55.9 cm³/mol. The van der Waals surface area contributed by atoms with Gasteiger partial charge in [-0.05, 0) is 22.6 Å². The van der Waals surface area contributed by atoms with Crippen LogP contribution < -0.4 is 0 Å². The molecule has 0 saturated carbocycles. The lowest BCUT2D eigenvalue weighted by Crippen LogP contribution is -2.12. The van der Waals surface area contributed by atoms with E-state index in [9.17, 15) is 9.18 Å². The number of aliphatic carboxylic acids is 1. The molecule has 0 atom stereocenters. The molecule has 0 aliphatic carbocycles. The van der Waals surface area contributed by atoms with Crippen LogP contribution in [0.15, 0.2) is 18.2 Å². The molecule has 1 aromatic heterocycles. The van der Waals surface area contributed by atoms with E-state index in [0.717, 1.165) is 4.68 Å². The van der Waals surface area contributed by atoms with E-state index in [1.54, 1.807) is 0 Å². The van der Waals surface area contributed by atoms with E-state index < -0.39 is 18.3 Å². The van der Waals surface area contributed by atoms with E-state index in [2.05, 4.69) is 15.5 Å². The third-order valence-corrected chi connectivity index (χ3v) is 2.32. The summed E-state index contributed by atoms with van der Waals surface area (Å²) in [5, 5.41) is 19.1. The van der Waals surface area contributed by atoms with Gasteiger partial charge in [0.05, 0.1) is 10.6 Å². The zero-order valence-electron chi connectivity index (χ0n) is 8.34. The Bertz CT molecular complexity index is 552. The standard InChI is InChI=1S/C9H6ClFN4O2/c10-5-2-1-3-6(11)8(5)9-12-13-14-15(9)4-7(16)17/h1-3H,4H2,(H,16,17). The molecule has 0 amide bonds. The molecule has 88 valence electrons.